The second kappa shape index (κ2) is 7.18. The van der Waals surface area contributed by atoms with Crippen molar-refractivity contribution >= 4 is 17.5 Å². The van der Waals surface area contributed by atoms with E-state index in [9.17, 15) is 4.79 Å². The van der Waals surface area contributed by atoms with Gasteiger partial charge in [-0.05, 0) is 37.3 Å². The maximum absolute atomic E-state index is 11.3. The van der Waals surface area contributed by atoms with E-state index in [1.165, 1.54) is 0 Å². The van der Waals surface area contributed by atoms with Crippen molar-refractivity contribution < 1.29 is 14.3 Å². The summed E-state index contributed by atoms with van der Waals surface area (Å²) >= 11 is 1.70. The Bertz CT molecular complexity index is 620. The number of methoxy groups -OCH3 is 2. The van der Waals surface area contributed by atoms with E-state index in [1.54, 1.807) is 32.9 Å². The maximum Gasteiger partial charge on any atom is 0.159 e. The Morgan fingerprint density at radius 2 is 1.76 bits per heavy atom. The van der Waals surface area contributed by atoms with E-state index in [-0.39, 0.29) is 5.78 Å². The Kier molecular flexibility index (Phi) is 5.28. The van der Waals surface area contributed by atoms with Crippen LogP contribution in [0.3, 0.4) is 0 Å². The molecule has 2 aromatic rings. The van der Waals surface area contributed by atoms with Crippen molar-refractivity contribution in [1.82, 2.24) is 0 Å². The van der Waals surface area contributed by atoms with E-state index >= 15 is 0 Å². The number of benzene rings is 2. The molecule has 0 heterocycles. The first-order chi connectivity index (χ1) is 10.1. The van der Waals surface area contributed by atoms with E-state index in [0.29, 0.717) is 0 Å². The van der Waals surface area contributed by atoms with Crippen LogP contribution in [-0.4, -0.2) is 20.0 Å². The van der Waals surface area contributed by atoms with Gasteiger partial charge in [0.15, 0.2) is 5.78 Å². The van der Waals surface area contributed by atoms with Crippen LogP contribution < -0.4 is 9.47 Å². The predicted molar refractivity (Wildman–Crippen MR) is 85.6 cm³/mol. The molecule has 110 valence electrons. The zero-order chi connectivity index (χ0) is 15.2. The summed E-state index contributed by atoms with van der Waals surface area (Å²) in [6.45, 7) is 1.57. The number of carbonyl (C=O) groups is 1. The normalized spacial score (nSPS) is 10.2. The molecule has 0 N–H and O–H groups in total. The number of carbonyl (C=O) groups excluding carboxylic acids is 1. The van der Waals surface area contributed by atoms with Gasteiger partial charge in [0.2, 0.25) is 0 Å². The molecule has 0 aliphatic rings. The quantitative estimate of drug-likeness (QED) is 0.592. The SMILES string of the molecule is COc1ccc(OC)c(CSc2ccc(C(C)=O)cc2)c1. The first-order valence-corrected chi connectivity index (χ1v) is 7.57. The number of ketones is 1. The molecule has 0 radical (unpaired) electrons. The topological polar surface area (TPSA) is 35.5 Å². The second-order valence-electron chi connectivity index (χ2n) is 4.55. The highest BCUT2D eigenvalue weighted by atomic mass is 32.2. The first-order valence-electron chi connectivity index (χ1n) is 6.58. The van der Waals surface area contributed by atoms with E-state index < -0.39 is 0 Å². The predicted octanol–water partition coefficient (Wildman–Crippen LogP) is 4.20. The van der Waals surface area contributed by atoms with Gasteiger partial charge in [-0.15, -0.1) is 11.8 Å². The Balaban J connectivity index is 2.10. The molecule has 3 nitrogen and oxygen atoms in total. The highest BCUT2D eigenvalue weighted by Gasteiger charge is 2.06. The third-order valence-electron chi connectivity index (χ3n) is 3.14. The lowest BCUT2D eigenvalue weighted by Crippen LogP contribution is -1.93. The summed E-state index contributed by atoms with van der Waals surface area (Å²) in [6, 6.07) is 13.4. The Morgan fingerprint density at radius 3 is 2.33 bits per heavy atom. The van der Waals surface area contributed by atoms with Gasteiger partial charge in [0, 0.05) is 21.8 Å². The lowest BCUT2D eigenvalue weighted by molar-refractivity contribution is 0.101. The summed E-state index contributed by atoms with van der Waals surface area (Å²) in [5.74, 6) is 2.53. The average Bonchev–Trinajstić information content (AvgIpc) is 2.52. The third-order valence-corrected chi connectivity index (χ3v) is 4.20. The average molecular weight is 302 g/mol. The van der Waals surface area contributed by atoms with Gasteiger partial charge in [-0.3, -0.25) is 4.79 Å². The summed E-state index contributed by atoms with van der Waals surface area (Å²) in [5, 5.41) is 0. The van der Waals surface area contributed by atoms with Gasteiger partial charge >= 0.3 is 0 Å². The highest BCUT2D eigenvalue weighted by Crippen LogP contribution is 2.30. The monoisotopic (exact) mass is 302 g/mol. The Labute approximate surface area is 129 Å². The summed E-state index contributed by atoms with van der Waals surface area (Å²) in [4.78, 5) is 12.4. The smallest absolute Gasteiger partial charge is 0.159 e. The standard InChI is InChI=1S/C17H18O3S/c1-12(18)13-4-7-16(8-5-13)21-11-14-10-15(19-2)6-9-17(14)20-3/h4-10H,11H2,1-3H3. The third kappa shape index (κ3) is 4.02. The largest absolute Gasteiger partial charge is 0.497 e. The van der Waals surface area contributed by atoms with E-state index in [4.69, 9.17) is 9.47 Å². The summed E-state index contributed by atoms with van der Waals surface area (Å²) in [7, 11) is 3.32. The molecule has 0 saturated heterocycles. The van der Waals surface area contributed by atoms with Crippen molar-refractivity contribution in [2.24, 2.45) is 0 Å². The van der Waals surface area contributed by atoms with Crippen LogP contribution in [0.4, 0.5) is 0 Å². The molecule has 0 aromatic heterocycles. The van der Waals surface area contributed by atoms with Gasteiger partial charge in [-0.1, -0.05) is 12.1 Å². The fraction of sp³-hybridized carbons (Fsp3) is 0.235. The van der Waals surface area contributed by atoms with E-state index in [1.807, 2.05) is 42.5 Å². The molecule has 0 spiro atoms. The molecule has 0 aliphatic heterocycles. The van der Waals surface area contributed by atoms with Crippen LogP contribution >= 0.6 is 11.8 Å². The van der Waals surface area contributed by atoms with Crippen LogP contribution in [0.1, 0.15) is 22.8 Å². The maximum atomic E-state index is 11.3. The lowest BCUT2D eigenvalue weighted by Gasteiger charge is -2.10. The minimum absolute atomic E-state index is 0.0843. The van der Waals surface area contributed by atoms with Crippen molar-refractivity contribution in [3.63, 3.8) is 0 Å². The molecular formula is C17H18O3S. The van der Waals surface area contributed by atoms with Gasteiger partial charge in [-0.25, -0.2) is 0 Å². The van der Waals surface area contributed by atoms with Crippen LogP contribution in [0, 0.1) is 0 Å². The van der Waals surface area contributed by atoms with Crippen LogP contribution in [0.25, 0.3) is 0 Å². The molecule has 2 rings (SSSR count). The fourth-order valence-corrected chi connectivity index (χ4v) is 2.82. The van der Waals surface area contributed by atoms with E-state index in [2.05, 4.69) is 0 Å². The Morgan fingerprint density at radius 1 is 1.05 bits per heavy atom. The minimum atomic E-state index is 0.0843. The van der Waals surface area contributed by atoms with Crippen LogP contribution in [0.5, 0.6) is 11.5 Å². The van der Waals surface area contributed by atoms with Gasteiger partial charge in [0.05, 0.1) is 14.2 Å². The summed E-state index contributed by atoms with van der Waals surface area (Å²) in [5.41, 5.74) is 1.82. The summed E-state index contributed by atoms with van der Waals surface area (Å²) in [6.07, 6.45) is 0. The van der Waals surface area contributed by atoms with Crippen LogP contribution in [0.15, 0.2) is 47.4 Å². The molecular weight excluding hydrogens is 284 g/mol. The molecule has 0 unspecified atom stereocenters. The molecule has 0 saturated carbocycles. The van der Waals surface area contributed by atoms with Crippen molar-refractivity contribution in [2.75, 3.05) is 14.2 Å². The number of hydrogen-bond acceptors (Lipinski definition) is 4. The van der Waals surface area contributed by atoms with E-state index in [0.717, 1.165) is 33.3 Å². The number of hydrogen-bond donors (Lipinski definition) is 0. The van der Waals surface area contributed by atoms with Crippen molar-refractivity contribution in [1.29, 1.82) is 0 Å². The Hall–Kier alpha value is -1.94. The fourth-order valence-electron chi connectivity index (χ4n) is 1.94. The molecule has 0 bridgehead atoms. The number of Topliss-reactive ketones (excluding diaryl/α,β-unsaturated/α-hetero) is 1. The second-order valence-corrected chi connectivity index (χ2v) is 5.60. The molecule has 0 aliphatic carbocycles. The molecule has 4 heteroatoms. The van der Waals surface area contributed by atoms with Gasteiger partial charge in [-0.2, -0.15) is 0 Å². The molecule has 0 fully saturated rings. The van der Waals surface area contributed by atoms with Crippen molar-refractivity contribution in [3.8, 4) is 11.5 Å². The minimum Gasteiger partial charge on any atom is -0.497 e. The van der Waals surface area contributed by atoms with Gasteiger partial charge in [0.25, 0.3) is 0 Å². The zero-order valence-corrected chi connectivity index (χ0v) is 13.2. The van der Waals surface area contributed by atoms with Crippen LogP contribution in [-0.2, 0) is 5.75 Å². The molecule has 21 heavy (non-hydrogen) atoms. The number of rotatable bonds is 6. The summed E-state index contributed by atoms with van der Waals surface area (Å²) < 4.78 is 10.6. The van der Waals surface area contributed by atoms with Gasteiger partial charge in [0.1, 0.15) is 11.5 Å². The molecule has 0 atom stereocenters. The lowest BCUT2D eigenvalue weighted by atomic mass is 10.2. The first kappa shape index (κ1) is 15.4. The number of ether oxygens (including phenoxy) is 2. The molecule has 2 aromatic carbocycles. The highest BCUT2D eigenvalue weighted by molar-refractivity contribution is 7.98. The van der Waals surface area contributed by atoms with Crippen LogP contribution in [0.2, 0.25) is 0 Å². The van der Waals surface area contributed by atoms with Crippen molar-refractivity contribution in [2.45, 2.75) is 17.6 Å². The molecule has 0 amide bonds. The van der Waals surface area contributed by atoms with Gasteiger partial charge < -0.3 is 9.47 Å². The number of thioether (sulfide) groups is 1. The van der Waals surface area contributed by atoms with Crippen molar-refractivity contribution in [3.05, 3.63) is 53.6 Å². The zero-order valence-electron chi connectivity index (χ0n) is 12.4.